The van der Waals surface area contributed by atoms with E-state index in [1.165, 1.54) is 7.11 Å². The van der Waals surface area contributed by atoms with Gasteiger partial charge in [-0.25, -0.2) is 4.79 Å². The fourth-order valence-electron chi connectivity index (χ4n) is 1.89. The average molecular weight is 294 g/mol. The Morgan fingerprint density at radius 3 is 2.62 bits per heavy atom. The van der Waals surface area contributed by atoms with Gasteiger partial charge in [0.1, 0.15) is 0 Å². The number of esters is 1. The molecule has 1 aromatic carbocycles. The van der Waals surface area contributed by atoms with Crippen molar-refractivity contribution in [1.29, 1.82) is 0 Å². The van der Waals surface area contributed by atoms with E-state index in [9.17, 15) is 9.59 Å². The molecular weight excluding hydrogens is 272 g/mol. The van der Waals surface area contributed by atoms with E-state index in [1.807, 2.05) is 6.07 Å². The standard InChI is InChI=1S/C15H22N2O4/c1-17(11-14(18)16-9-6-10-20-2)13-8-5-4-7-12(13)15(19)21-3/h4-5,7-8H,6,9-11H2,1-3H3,(H,16,18). The maximum Gasteiger partial charge on any atom is 0.339 e. The molecule has 0 atom stereocenters. The van der Waals surface area contributed by atoms with Gasteiger partial charge in [-0.3, -0.25) is 4.79 Å². The van der Waals surface area contributed by atoms with E-state index in [0.717, 1.165) is 6.42 Å². The summed E-state index contributed by atoms with van der Waals surface area (Å²) >= 11 is 0. The lowest BCUT2D eigenvalue weighted by Gasteiger charge is -2.21. The van der Waals surface area contributed by atoms with Crippen LogP contribution in [-0.2, 0) is 14.3 Å². The van der Waals surface area contributed by atoms with Gasteiger partial charge < -0.3 is 19.7 Å². The molecule has 0 bridgehead atoms. The summed E-state index contributed by atoms with van der Waals surface area (Å²) in [5.41, 5.74) is 1.10. The minimum Gasteiger partial charge on any atom is -0.465 e. The smallest absolute Gasteiger partial charge is 0.339 e. The fourth-order valence-corrected chi connectivity index (χ4v) is 1.89. The summed E-state index contributed by atoms with van der Waals surface area (Å²) in [5, 5.41) is 2.80. The third-order valence-corrected chi connectivity index (χ3v) is 2.95. The number of rotatable bonds is 8. The normalized spacial score (nSPS) is 10.0. The first-order valence-electron chi connectivity index (χ1n) is 6.74. The van der Waals surface area contributed by atoms with Crippen LogP contribution in [0.4, 0.5) is 5.69 Å². The SMILES string of the molecule is COCCCNC(=O)CN(C)c1ccccc1C(=O)OC. The molecule has 0 fully saturated rings. The number of benzene rings is 1. The number of carbonyl (C=O) groups excluding carboxylic acids is 2. The Hall–Kier alpha value is -2.08. The van der Waals surface area contributed by atoms with Crippen LogP contribution in [0, 0.1) is 0 Å². The molecule has 1 rings (SSSR count). The first-order valence-corrected chi connectivity index (χ1v) is 6.74. The molecule has 0 saturated carbocycles. The second-order valence-electron chi connectivity index (χ2n) is 4.56. The van der Waals surface area contributed by atoms with E-state index < -0.39 is 5.97 Å². The number of amides is 1. The summed E-state index contributed by atoms with van der Waals surface area (Å²) in [6, 6.07) is 7.03. The zero-order chi connectivity index (χ0) is 15.7. The molecule has 0 heterocycles. The molecular formula is C15H22N2O4. The lowest BCUT2D eigenvalue weighted by molar-refractivity contribution is -0.119. The van der Waals surface area contributed by atoms with Gasteiger partial charge in [0.15, 0.2) is 0 Å². The van der Waals surface area contributed by atoms with Gasteiger partial charge in [-0.15, -0.1) is 0 Å². The number of hydrogen-bond donors (Lipinski definition) is 1. The van der Waals surface area contributed by atoms with E-state index in [-0.39, 0.29) is 12.5 Å². The first kappa shape index (κ1) is 17.0. The van der Waals surface area contributed by atoms with Crippen LogP contribution < -0.4 is 10.2 Å². The summed E-state index contributed by atoms with van der Waals surface area (Å²) in [6.07, 6.45) is 0.769. The molecule has 1 N–H and O–H groups in total. The van der Waals surface area contributed by atoms with Crippen LogP contribution in [0.3, 0.4) is 0 Å². The molecule has 0 unspecified atom stereocenters. The molecule has 0 spiro atoms. The van der Waals surface area contributed by atoms with E-state index in [1.54, 1.807) is 37.3 Å². The molecule has 0 aromatic heterocycles. The van der Waals surface area contributed by atoms with E-state index in [2.05, 4.69) is 5.32 Å². The lowest BCUT2D eigenvalue weighted by atomic mass is 10.1. The maximum atomic E-state index is 11.8. The van der Waals surface area contributed by atoms with Crippen molar-refractivity contribution in [2.24, 2.45) is 0 Å². The summed E-state index contributed by atoms with van der Waals surface area (Å²) in [7, 11) is 4.72. The Balaban J connectivity index is 2.61. The van der Waals surface area contributed by atoms with Crippen molar-refractivity contribution in [2.75, 3.05) is 45.9 Å². The first-order chi connectivity index (χ1) is 10.1. The van der Waals surface area contributed by atoms with Crippen molar-refractivity contribution in [3.05, 3.63) is 29.8 Å². The van der Waals surface area contributed by atoms with Gasteiger partial charge in [0.25, 0.3) is 0 Å². The maximum absolute atomic E-state index is 11.8. The summed E-state index contributed by atoms with van der Waals surface area (Å²) in [6.45, 7) is 1.35. The summed E-state index contributed by atoms with van der Waals surface area (Å²) in [4.78, 5) is 25.3. The predicted molar refractivity (Wildman–Crippen MR) is 80.6 cm³/mol. The van der Waals surface area contributed by atoms with E-state index in [4.69, 9.17) is 9.47 Å². The molecule has 6 heteroatoms. The average Bonchev–Trinajstić information content (AvgIpc) is 2.50. The number of carbonyl (C=O) groups is 2. The van der Waals surface area contributed by atoms with Gasteiger partial charge in [-0.2, -0.15) is 0 Å². The quantitative estimate of drug-likeness (QED) is 0.573. The van der Waals surface area contributed by atoms with Crippen molar-refractivity contribution in [3.63, 3.8) is 0 Å². The number of nitrogens with zero attached hydrogens (tertiary/aromatic N) is 1. The van der Waals surface area contributed by atoms with Gasteiger partial charge in [0, 0.05) is 27.3 Å². The highest BCUT2D eigenvalue weighted by Gasteiger charge is 2.15. The third kappa shape index (κ3) is 5.43. The van der Waals surface area contributed by atoms with Crippen LogP contribution in [0.25, 0.3) is 0 Å². The van der Waals surface area contributed by atoms with Gasteiger partial charge in [-0.1, -0.05) is 12.1 Å². The van der Waals surface area contributed by atoms with Gasteiger partial charge in [0.05, 0.1) is 24.9 Å². The second-order valence-corrected chi connectivity index (χ2v) is 4.56. The van der Waals surface area contributed by atoms with Crippen LogP contribution >= 0.6 is 0 Å². The minimum atomic E-state index is -0.419. The van der Waals surface area contributed by atoms with Crippen molar-refractivity contribution in [2.45, 2.75) is 6.42 Å². The molecule has 0 aliphatic rings. The Bertz CT molecular complexity index is 476. The third-order valence-electron chi connectivity index (χ3n) is 2.95. The van der Waals surface area contributed by atoms with Crippen LogP contribution in [0.1, 0.15) is 16.8 Å². The second kappa shape index (κ2) is 8.97. The Labute approximate surface area is 125 Å². The van der Waals surface area contributed by atoms with E-state index >= 15 is 0 Å². The topological polar surface area (TPSA) is 67.9 Å². The predicted octanol–water partition coefficient (Wildman–Crippen LogP) is 1.06. The Morgan fingerprint density at radius 1 is 1.24 bits per heavy atom. The number of likely N-dealkylation sites (N-methyl/N-ethyl adjacent to an activating group) is 1. The molecule has 0 aliphatic carbocycles. The zero-order valence-electron chi connectivity index (χ0n) is 12.7. The Kier molecular flexibility index (Phi) is 7.25. The van der Waals surface area contributed by atoms with Crippen LogP contribution in [0.15, 0.2) is 24.3 Å². The molecule has 0 saturated heterocycles. The number of para-hydroxylation sites is 1. The van der Waals surface area contributed by atoms with Crippen LogP contribution in [0.5, 0.6) is 0 Å². The van der Waals surface area contributed by atoms with Crippen molar-refractivity contribution in [1.82, 2.24) is 5.32 Å². The molecule has 6 nitrogen and oxygen atoms in total. The fraction of sp³-hybridized carbons (Fsp3) is 0.467. The molecule has 1 amide bonds. The number of ether oxygens (including phenoxy) is 2. The largest absolute Gasteiger partial charge is 0.465 e. The lowest BCUT2D eigenvalue weighted by Crippen LogP contribution is -2.36. The molecule has 0 radical (unpaired) electrons. The number of methoxy groups -OCH3 is 2. The molecule has 116 valence electrons. The minimum absolute atomic E-state index is 0.103. The molecule has 21 heavy (non-hydrogen) atoms. The van der Waals surface area contributed by atoms with Crippen molar-refractivity contribution in [3.8, 4) is 0 Å². The van der Waals surface area contributed by atoms with Crippen molar-refractivity contribution >= 4 is 17.6 Å². The summed E-state index contributed by atoms with van der Waals surface area (Å²) < 4.78 is 9.66. The number of hydrogen-bond acceptors (Lipinski definition) is 5. The zero-order valence-corrected chi connectivity index (χ0v) is 12.7. The molecule has 1 aromatic rings. The number of anilines is 1. The van der Waals surface area contributed by atoms with Crippen LogP contribution in [-0.4, -0.2) is 52.8 Å². The molecule has 0 aliphatic heterocycles. The van der Waals surface area contributed by atoms with Gasteiger partial charge in [0.2, 0.25) is 5.91 Å². The highest BCUT2D eigenvalue weighted by atomic mass is 16.5. The van der Waals surface area contributed by atoms with Crippen molar-refractivity contribution < 1.29 is 19.1 Å². The van der Waals surface area contributed by atoms with Gasteiger partial charge >= 0.3 is 5.97 Å². The van der Waals surface area contributed by atoms with Gasteiger partial charge in [-0.05, 0) is 18.6 Å². The van der Waals surface area contributed by atoms with E-state index in [0.29, 0.717) is 24.4 Å². The highest BCUT2D eigenvalue weighted by Crippen LogP contribution is 2.19. The van der Waals surface area contributed by atoms with Crippen LogP contribution in [0.2, 0.25) is 0 Å². The number of nitrogens with one attached hydrogen (secondary N) is 1. The Morgan fingerprint density at radius 2 is 1.95 bits per heavy atom. The highest BCUT2D eigenvalue weighted by molar-refractivity contribution is 5.96. The monoisotopic (exact) mass is 294 g/mol. The summed E-state index contributed by atoms with van der Waals surface area (Å²) in [5.74, 6) is -0.522.